The zero-order valence-electron chi connectivity index (χ0n) is 7.00. The number of hydrogen-bond acceptors (Lipinski definition) is 3. The van der Waals surface area contributed by atoms with Crippen molar-refractivity contribution in [1.82, 2.24) is 0 Å². The van der Waals surface area contributed by atoms with E-state index >= 15 is 0 Å². The fourth-order valence-corrected chi connectivity index (χ4v) is 2.06. The van der Waals surface area contributed by atoms with Crippen LogP contribution in [0.25, 0.3) is 0 Å². The highest BCUT2D eigenvalue weighted by molar-refractivity contribution is 7.12. The summed E-state index contributed by atoms with van der Waals surface area (Å²) in [4.78, 5) is 12.6. The second-order valence-electron chi connectivity index (χ2n) is 2.68. The Morgan fingerprint density at radius 1 is 1.67 bits per heavy atom. The van der Waals surface area contributed by atoms with Crippen LogP contribution >= 0.6 is 11.3 Å². The first-order valence-electron chi connectivity index (χ1n) is 3.57. The van der Waals surface area contributed by atoms with Crippen LogP contribution in [0.15, 0.2) is 6.07 Å². The van der Waals surface area contributed by atoms with E-state index in [-0.39, 0.29) is 0 Å². The van der Waals surface area contributed by atoms with Gasteiger partial charge >= 0.3 is 5.97 Å². The lowest BCUT2D eigenvalue weighted by Crippen LogP contribution is -2.20. The highest BCUT2D eigenvalue weighted by Gasteiger charge is 2.17. The molecular formula is C8H11NO2S. The van der Waals surface area contributed by atoms with Gasteiger partial charge in [-0.2, -0.15) is 0 Å². The molecule has 0 bridgehead atoms. The molecule has 66 valence electrons. The summed E-state index contributed by atoms with van der Waals surface area (Å²) in [6.07, 6.45) is 0. The van der Waals surface area contributed by atoms with Crippen molar-refractivity contribution in [3.05, 3.63) is 21.4 Å². The molecule has 1 atom stereocenters. The quantitative estimate of drug-likeness (QED) is 0.733. The number of aliphatic carboxylic acids is 1. The van der Waals surface area contributed by atoms with Gasteiger partial charge in [0.2, 0.25) is 0 Å². The minimum absolute atomic E-state index is 0.727. The average molecular weight is 185 g/mol. The van der Waals surface area contributed by atoms with Crippen molar-refractivity contribution < 1.29 is 9.90 Å². The van der Waals surface area contributed by atoms with E-state index < -0.39 is 12.0 Å². The molecule has 0 spiro atoms. The molecule has 0 fully saturated rings. The van der Waals surface area contributed by atoms with Gasteiger partial charge < -0.3 is 10.8 Å². The number of aryl methyl sites for hydroxylation is 2. The van der Waals surface area contributed by atoms with Gasteiger partial charge in [0.15, 0.2) is 0 Å². The first-order chi connectivity index (χ1) is 5.52. The third-order valence-corrected chi connectivity index (χ3v) is 2.66. The van der Waals surface area contributed by atoms with E-state index in [0.717, 1.165) is 15.3 Å². The molecular weight excluding hydrogens is 174 g/mol. The molecule has 1 aromatic rings. The van der Waals surface area contributed by atoms with Crippen molar-refractivity contribution in [2.45, 2.75) is 19.9 Å². The summed E-state index contributed by atoms with van der Waals surface area (Å²) in [5.41, 5.74) is 6.19. The number of rotatable bonds is 2. The van der Waals surface area contributed by atoms with Crippen LogP contribution in [0.1, 0.15) is 21.4 Å². The minimum atomic E-state index is -0.976. The third-order valence-electron chi connectivity index (χ3n) is 1.68. The summed E-state index contributed by atoms with van der Waals surface area (Å²) in [6.45, 7) is 3.82. The largest absolute Gasteiger partial charge is 0.480 e. The first kappa shape index (κ1) is 9.22. The van der Waals surface area contributed by atoms with Crippen molar-refractivity contribution in [2.75, 3.05) is 0 Å². The number of nitrogens with two attached hydrogens (primary N) is 1. The Morgan fingerprint density at radius 2 is 2.25 bits per heavy atom. The lowest BCUT2D eigenvalue weighted by atomic mass is 10.1. The van der Waals surface area contributed by atoms with Crippen LogP contribution in [0.3, 0.4) is 0 Å². The molecule has 1 unspecified atom stereocenters. The maximum absolute atomic E-state index is 10.5. The molecule has 1 rings (SSSR count). The Hall–Kier alpha value is -0.870. The summed E-state index contributed by atoms with van der Waals surface area (Å²) in [5.74, 6) is -0.976. The molecule has 0 amide bonds. The maximum Gasteiger partial charge on any atom is 0.325 e. The number of hydrogen-bond donors (Lipinski definition) is 2. The van der Waals surface area contributed by atoms with Crippen LogP contribution in [0.4, 0.5) is 0 Å². The van der Waals surface area contributed by atoms with E-state index in [2.05, 4.69) is 0 Å². The zero-order valence-corrected chi connectivity index (χ0v) is 7.81. The molecule has 3 N–H and O–H groups in total. The van der Waals surface area contributed by atoms with Gasteiger partial charge in [-0.25, -0.2) is 0 Å². The van der Waals surface area contributed by atoms with Gasteiger partial charge in [-0.15, -0.1) is 11.3 Å². The zero-order chi connectivity index (χ0) is 9.30. The summed E-state index contributed by atoms with van der Waals surface area (Å²) in [6, 6.07) is 0.952. The summed E-state index contributed by atoms with van der Waals surface area (Å²) < 4.78 is 0. The van der Waals surface area contributed by atoms with Crippen molar-refractivity contribution in [1.29, 1.82) is 0 Å². The second-order valence-corrected chi connectivity index (χ2v) is 4.14. The van der Waals surface area contributed by atoms with Crippen LogP contribution in [0, 0.1) is 13.8 Å². The number of thiophene rings is 1. The minimum Gasteiger partial charge on any atom is -0.480 e. The lowest BCUT2D eigenvalue weighted by Gasteiger charge is -2.03. The number of carbonyl (C=O) groups is 1. The van der Waals surface area contributed by atoms with E-state index in [9.17, 15) is 4.79 Å². The normalized spacial score (nSPS) is 12.9. The highest BCUT2D eigenvalue weighted by atomic mass is 32.1. The molecule has 0 aliphatic rings. The number of carboxylic acids is 1. The Balaban J connectivity index is 3.02. The first-order valence-corrected chi connectivity index (χ1v) is 4.39. The Morgan fingerprint density at radius 3 is 2.58 bits per heavy atom. The van der Waals surface area contributed by atoms with E-state index in [0.29, 0.717) is 0 Å². The molecule has 0 saturated heterocycles. The molecule has 3 nitrogen and oxygen atoms in total. The third kappa shape index (κ3) is 1.65. The van der Waals surface area contributed by atoms with E-state index in [1.54, 1.807) is 11.3 Å². The van der Waals surface area contributed by atoms with Crippen LogP contribution in [-0.4, -0.2) is 11.1 Å². The van der Waals surface area contributed by atoms with Gasteiger partial charge in [-0.1, -0.05) is 0 Å². The standard InChI is InChI=1S/C8H11NO2S/c1-4-3-6(5(2)12-4)7(9)8(10)11/h3,7H,9H2,1-2H3,(H,10,11). The fourth-order valence-electron chi connectivity index (χ4n) is 1.09. The van der Waals surface area contributed by atoms with Crippen molar-refractivity contribution in [3.8, 4) is 0 Å². The molecule has 4 heteroatoms. The molecule has 0 aliphatic carbocycles. The van der Waals surface area contributed by atoms with E-state index in [1.165, 1.54) is 0 Å². The van der Waals surface area contributed by atoms with Crippen LogP contribution < -0.4 is 5.73 Å². The van der Waals surface area contributed by atoms with Gasteiger partial charge in [0, 0.05) is 9.75 Å². The van der Waals surface area contributed by atoms with Gasteiger partial charge in [-0.3, -0.25) is 4.79 Å². The monoisotopic (exact) mass is 185 g/mol. The van der Waals surface area contributed by atoms with Crippen molar-refractivity contribution in [2.24, 2.45) is 5.73 Å². The SMILES string of the molecule is Cc1cc(C(N)C(=O)O)c(C)s1. The van der Waals surface area contributed by atoms with E-state index in [1.807, 2.05) is 19.9 Å². The smallest absolute Gasteiger partial charge is 0.325 e. The average Bonchev–Trinajstić information content (AvgIpc) is 2.28. The molecule has 0 aliphatic heterocycles. The molecule has 12 heavy (non-hydrogen) atoms. The molecule has 0 saturated carbocycles. The topological polar surface area (TPSA) is 63.3 Å². The Bertz CT molecular complexity index is 306. The van der Waals surface area contributed by atoms with Gasteiger partial charge in [0.05, 0.1) is 0 Å². The van der Waals surface area contributed by atoms with Crippen LogP contribution in [0.2, 0.25) is 0 Å². The maximum atomic E-state index is 10.5. The van der Waals surface area contributed by atoms with Crippen LogP contribution in [0.5, 0.6) is 0 Å². The van der Waals surface area contributed by atoms with Crippen molar-refractivity contribution >= 4 is 17.3 Å². The fraction of sp³-hybridized carbons (Fsp3) is 0.375. The molecule has 1 aromatic heterocycles. The lowest BCUT2D eigenvalue weighted by molar-refractivity contribution is -0.138. The summed E-state index contributed by atoms with van der Waals surface area (Å²) in [7, 11) is 0. The van der Waals surface area contributed by atoms with Crippen LogP contribution in [-0.2, 0) is 4.79 Å². The van der Waals surface area contributed by atoms with Gasteiger partial charge in [-0.05, 0) is 25.5 Å². The second kappa shape index (κ2) is 3.25. The Labute approximate surface area is 74.8 Å². The number of carboxylic acid groups (broad SMARTS) is 1. The summed E-state index contributed by atoms with van der Waals surface area (Å²) in [5, 5.41) is 8.65. The van der Waals surface area contributed by atoms with Gasteiger partial charge in [0.1, 0.15) is 6.04 Å². The highest BCUT2D eigenvalue weighted by Crippen LogP contribution is 2.24. The summed E-state index contributed by atoms with van der Waals surface area (Å²) >= 11 is 1.57. The molecule has 1 heterocycles. The van der Waals surface area contributed by atoms with E-state index in [4.69, 9.17) is 10.8 Å². The Kier molecular flexibility index (Phi) is 2.49. The van der Waals surface area contributed by atoms with Crippen molar-refractivity contribution in [3.63, 3.8) is 0 Å². The predicted octanol–water partition coefficient (Wildman–Crippen LogP) is 1.45. The van der Waals surface area contributed by atoms with Gasteiger partial charge in [0.25, 0.3) is 0 Å². The molecule has 0 aromatic carbocycles. The molecule has 0 radical (unpaired) electrons. The predicted molar refractivity (Wildman–Crippen MR) is 48.4 cm³/mol.